The van der Waals surface area contributed by atoms with E-state index in [0.29, 0.717) is 22.0 Å². The van der Waals surface area contributed by atoms with Crippen molar-refractivity contribution in [2.45, 2.75) is 0 Å². The second kappa shape index (κ2) is 7.21. The zero-order valence-electron chi connectivity index (χ0n) is 15.0. The molecule has 29 heavy (non-hydrogen) atoms. The molecule has 6 nitrogen and oxygen atoms in total. The van der Waals surface area contributed by atoms with Gasteiger partial charge in [-0.15, -0.1) is 0 Å². The summed E-state index contributed by atoms with van der Waals surface area (Å²) in [4.78, 5) is 14.5. The van der Waals surface area contributed by atoms with Crippen molar-refractivity contribution >= 4 is 34.2 Å². The van der Waals surface area contributed by atoms with E-state index in [-0.39, 0.29) is 16.2 Å². The third-order valence-corrected chi connectivity index (χ3v) is 5.22. The minimum atomic E-state index is -0.682. The van der Waals surface area contributed by atoms with Gasteiger partial charge in [0.15, 0.2) is 11.3 Å². The van der Waals surface area contributed by atoms with E-state index in [1.807, 2.05) is 24.3 Å². The fraction of sp³-hybridized carbons (Fsp3) is 0.0476. The summed E-state index contributed by atoms with van der Waals surface area (Å²) >= 11 is 12.7. The molecule has 4 rings (SSSR count). The first-order valence-electron chi connectivity index (χ1n) is 8.46. The largest absolute Gasteiger partial charge is 0.504 e. The van der Waals surface area contributed by atoms with Crippen LogP contribution in [0.4, 0.5) is 0 Å². The van der Waals surface area contributed by atoms with E-state index in [1.54, 1.807) is 24.3 Å². The van der Waals surface area contributed by atoms with Crippen LogP contribution in [-0.4, -0.2) is 21.8 Å². The Balaban J connectivity index is 1.98. The molecule has 2 aromatic heterocycles. The maximum atomic E-state index is 12.0. The molecule has 144 valence electrons. The van der Waals surface area contributed by atoms with Crippen molar-refractivity contribution in [2.24, 2.45) is 0 Å². The zero-order valence-corrected chi connectivity index (χ0v) is 16.5. The third-order valence-electron chi connectivity index (χ3n) is 4.61. The van der Waals surface area contributed by atoms with Gasteiger partial charge in [0.2, 0.25) is 0 Å². The molecule has 4 aromatic rings. The molecule has 0 radical (unpaired) electrons. The van der Waals surface area contributed by atoms with Gasteiger partial charge in [-0.3, -0.25) is 9.36 Å². The Morgan fingerprint density at radius 1 is 1.14 bits per heavy atom. The maximum Gasteiger partial charge on any atom is 0.270 e. The number of nitrogens with zero attached hydrogens (tertiary/aromatic N) is 2. The van der Waals surface area contributed by atoms with E-state index < -0.39 is 11.3 Å². The van der Waals surface area contributed by atoms with Crippen LogP contribution in [0.1, 0.15) is 5.56 Å². The molecule has 0 bridgehead atoms. The standard InChI is InChI=1S/C21H13Cl2N3O3/c1-29-17-8-11(6-7-13(17)12-4-2-3-5-15(12)22)26-18(23)9-16-19(26)20(27)14(10-24)21(28)25-16/h2-9H,1H3,(H2,25,27,28). The van der Waals surface area contributed by atoms with Gasteiger partial charge in [0.05, 0.1) is 18.3 Å². The summed E-state index contributed by atoms with van der Waals surface area (Å²) in [7, 11) is 1.54. The van der Waals surface area contributed by atoms with Crippen LogP contribution in [0.25, 0.3) is 27.8 Å². The molecule has 0 aliphatic rings. The number of fused-ring (bicyclic) bond motifs is 1. The van der Waals surface area contributed by atoms with Crippen molar-refractivity contribution < 1.29 is 9.84 Å². The molecule has 0 saturated carbocycles. The second-order valence-electron chi connectivity index (χ2n) is 6.22. The number of benzene rings is 2. The Bertz CT molecular complexity index is 1370. The highest BCUT2D eigenvalue weighted by Crippen LogP contribution is 2.38. The minimum Gasteiger partial charge on any atom is -0.504 e. The van der Waals surface area contributed by atoms with Crippen molar-refractivity contribution in [3.05, 3.63) is 74.6 Å². The average Bonchev–Trinajstić information content (AvgIpc) is 3.04. The van der Waals surface area contributed by atoms with Crippen LogP contribution in [0.2, 0.25) is 10.2 Å². The number of aromatic hydroxyl groups is 1. The number of pyridine rings is 1. The summed E-state index contributed by atoms with van der Waals surface area (Å²) in [6.07, 6.45) is 0. The predicted octanol–water partition coefficient (Wildman–Crippen LogP) is 4.88. The number of nitrogens with one attached hydrogen (secondary N) is 1. The summed E-state index contributed by atoms with van der Waals surface area (Å²) in [5.74, 6) is 0.102. The monoisotopic (exact) mass is 425 g/mol. The number of aromatic nitrogens is 2. The lowest BCUT2D eigenvalue weighted by Crippen LogP contribution is -2.10. The molecule has 0 unspecified atom stereocenters. The number of halogens is 2. The van der Waals surface area contributed by atoms with Crippen molar-refractivity contribution in [1.29, 1.82) is 5.26 Å². The van der Waals surface area contributed by atoms with Crippen molar-refractivity contribution in [2.75, 3.05) is 7.11 Å². The van der Waals surface area contributed by atoms with Crippen LogP contribution in [0.5, 0.6) is 11.5 Å². The molecule has 0 aliphatic heterocycles. The molecule has 2 heterocycles. The molecule has 0 aliphatic carbocycles. The van der Waals surface area contributed by atoms with E-state index >= 15 is 0 Å². The number of rotatable bonds is 3. The summed E-state index contributed by atoms with van der Waals surface area (Å²) in [5, 5.41) is 20.5. The average molecular weight is 426 g/mol. The third kappa shape index (κ3) is 3.01. The lowest BCUT2D eigenvalue weighted by molar-refractivity contribution is 0.416. The smallest absolute Gasteiger partial charge is 0.270 e. The Morgan fingerprint density at radius 3 is 2.59 bits per heavy atom. The predicted molar refractivity (Wildman–Crippen MR) is 112 cm³/mol. The number of hydrogen-bond donors (Lipinski definition) is 2. The summed E-state index contributed by atoms with van der Waals surface area (Å²) in [6, 6.07) is 16.0. The van der Waals surface area contributed by atoms with Gasteiger partial charge < -0.3 is 14.8 Å². The molecule has 2 N–H and O–H groups in total. The molecule has 0 fully saturated rings. The van der Waals surface area contributed by atoms with E-state index in [0.717, 1.165) is 11.1 Å². The van der Waals surface area contributed by atoms with Gasteiger partial charge in [0, 0.05) is 22.2 Å². The van der Waals surface area contributed by atoms with Crippen molar-refractivity contribution in [3.63, 3.8) is 0 Å². The Kier molecular flexibility index (Phi) is 4.71. The maximum absolute atomic E-state index is 12.0. The lowest BCUT2D eigenvalue weighted by atomic mass is 10.0. The van der Waals surface area contributed by atoms with E-state index in [1.165, 1.54) is 17.7 Å². The fourth-order valence-corrected chi connectivity index (χ4v) is 3.82. The molecule has 0 amide bonds. The van der Waals surface area contributed by atoms with Gasteiger partial charge in [-0.1, -0.05) is 41.4 Å². The Morgan fingerprint density at radius 2 is 1.90 bits per heavy atom. The molecule has 2 aromatic carbocycles. The number of methoxy groups -OCH3 is 1. The molecular weight excluding hydrogens is 413 g/mol. The number of hydrogen-bond acceptors (Lipinski definition) is 4. The Hall–Kier alpha value is -3.40. The fourth-order valence-electron chi connectivity index (χ4n) is 3.30. The first-order valence-corrected chi connectivity index (χ1v) is 9.21. The zero-order chi connectivity index (χ0) is 20.7. The van der Waals surface area contributed by atoms with Gasteiger partial charge in [-0.2, -0.15) is 5.26 Å². The van der Waals surface area contributed by atoms with Gasteiger partial charge in [-0.25, -0.2) is 0 Å². The highest BCUT2D eigenvalue weighted by molar-refractivity contribution is 6.33. The summed E-state index contributed by atoms with van der Waals surface area (Å²) in [5.41, 5.74) is 1.63. The summed E-state index contributed by atoms with van der Waals surface area (Å²) < 4.78 is 7.08. The normalized spacial score (nSPS) is 10.8. The first-order chi connectivity index (χ1) is 14.0. The molecule has 0 atom stereocenters. The minimum absolute atomic E-state index is 0.221. The highest BCUT2D eigenvalue weighted by Gasteiger charge is 2.20. The van der Waals surface area contributed by atoms with Gasteiger partial charge in [0.25, 0.3) is 5.56 Å². The number of aromatic amines is 1. The van der Waals surface area contributed by atoms with Gasteiger partial charge >= 0.3 is 0 Å². The van der Waals surface area contributed by atoms with Crippen molar-refractivity contribution in [3.8, 4) is 34.4 Å². The molecule has 0 saturated heterocycles. The summed E-state index contributed by atoms with van der Waals surface area (Å²) in [6.45, 7) is 0. The topological polar surface area (TPSA) is 91.0 Å². The van der Waals surface area contributed by atoms with Crippen molar-refractivity contribution in [1.82, 2.24) is 9.55 Å². The van der Waals surface area contributed by atoms with Crippen LogP contribution in [0.15, 0.2) is 53.3 Å². The van der Waals surface area contributed by atoms with Crippen LogP contribution in [0.3, 0.4) is 0 Å². The molecule has 0 spiro atoms. The van der Waals surface area contributed by atoms with E-state index in [4.69, 9.17) is 27.9 Å². The highest BCUT2D eigenvalue weighted by atomic mass is 35.5. The van der Waals surface area contributed by atoms with Gasteiger partial charge in [0.1, 0.15) is 22.5 Å². The lowest BCUT2D eigenvalue weighted by Gasteiger charge is -2.14. The van der Waals surface area contributed by atoms with Crippen LogP contribution in [-0.2, 0) is 0 Å². The van der Waals surface area contributed by atoms with E-state index in [9.17, 15) is 15.2 Å². The number of ether oxygens (including phenoxy) is 1. The van der Waals surface area contributed by atoms with Gasteiger partial charge in [-0.05, 0) is 24.3 Å². The second-order valence-corrected chi connectivity index (χ2v) is 7.01. The SMILES string of the molecule is COc1cc(-n2c(Cl)cc3[nH]c(=O)c(C#N)c(O)c32)ccc1-c1ccccc1Cl. The number of H-pyrrole nitrogens is 1. The number of nitriles is 1. The molecule has 8 heteroatoms. The Labute approximate surface area is 175 Å². The van der Waals surface area contributed by atoms with Crippen LogP contribution >= 0.6 is 23.2 Å². The van der Waals surface area contributed by atoms with Crippen LogP contribution < -0.4 is 10.3 Å². The first kappa shape index (κ1) is 18.9. The quantitative estimate of drug-likeness (QED) is 0.489. The van der Waals surface area contributed by atoms with E-state index in [2.05, 4.69) is 4.98 Å². The van der Waals surface area contributed by atoms with Crippen LogP contribution in [0, 0.1) is 11.3 Å². The molecular formula is C21H13Cl2N3O3.